The number of halogens is 2. The monoisotopic (exact) mass is 356 g/mol. The SMILES string of the molecule is CC[C@H](Oc1ccc(Br)cc1F)C(=O)Nc1cc(C)on1. The first-order chi connectivity index (χ1) is 9.99. The van der Waals surface area contributed by atoms with Gasteiger partial charge in [0.2, 0.25) is 0 Å². The lowest BCUT2D eigenvalue weighted by atomic mass is 10.2. The maximum Gasteiger partial charge on any atom is 0.266 e. The zero-order valence-corrected chi connectivity index (χ0v) is 13.1. The van der Waals surface area contributed by atoms with E-state index < -0.39 is 17.8 Å². The van der Waals surface area contributed by atoms with Crippen LogP contribution in [0.15, 0.2) is 33.3 Å². The average molecular weight is 357 g/mol. The second kappa shape index (κ2) is 6.71. The molecule has 1 aromatic carbocycles. The highest BCUT2D eigenvalue weighted by atomic mass is 79.9. The molecular weight excluding hydrogens is 343 g/mol. The highest BCUT2D eigenvalue weighted by Gasteiger charge is 2.21. The predicted molar refractivity (Wildman–Crippen MR) is 78.7 cm³/mol. The van der Waals surface area contributed by atoms with Crippen LogP contribution in [0.2, 0.25) is 0 Å². The Labute approximate surface area is 129 Å². The lowest BCUT2D eigenvalue weighted by Crippen LogP contribution is -2.32. The molecule has 0 fully saturated rings. The van der Waals surface area contributed by atoms with E-state index >= 15 is 0 Å². The number of benzene rings is 1. The predicted octanol–water partition coefficient (Wildman–Crippen LogP) is 3.68. The summed E-state index contributed by atoms with van der Waals surface area (Å²) in [5.41, 5.74) is 0. The minimum Gasteiger partial charge on any atom is -0.478 e. The largest absolute Gasteiger partial charge is 0.478 e. The third kappa shape index (κ3) is 4.04. The molecular formula is C14H14BrFN2O3. The van der Waals surface area contributed by atoms with E-state index in [0.717, 1.165) is 0 Å². The van der Waals surface area contributed by atoms with E-state index in [9.17, 15) is 9.18 Å². The molecule has 21 heavy (non-hydrogen) atoms. The molecule has 5 nitrogen and oxygen atoms in total. The van der Waals surface area contributed by atoms with Crippen LogP contribution in [-0.4, -0.2) is 17.2 Å². The van der Waals surface area contributed by atoms with Crippen molar-refractivity contribution in [3.8, 4) is 5.75 Å². The molecule has 1 aromatic heterocycles. The molecule has 2 rings (SSSR count). The second-order valence-corrected chi connectivity index (χ2v) is 5.32. The fourth-order valence-electron chi connectivity index (χ4n) is 1.68. The average Bonchev–Trinajstić information content (AvgIpc) is 2.83. The number of rotatable bonds is 5. The van der Waals surface area contributed by atoms with Gasteiger partial charge in [0.05, 0.1) is 0 Å². The van der Waals surface area contributed by atoms with Crippen molar-refractivity contribution in [2.45, 2.75) is 26.4 Å². The molecule has 0 aliphatic heterocycles. The molecule has 0 aliphatic carbocycles. The van der Waals surface area contributed by atoms with E-state index in [1.165, 1.54) is 12.1 Å². The fourth-order valence-corrected chi connectivity index (χ4v) is 2.01. The molecule has 112 valence electrons. The number of nitrogens with zero attached hydrogens (tertiary/aromatic N) is 1. The maximum atomic E-state index is 13.7. The quantitative estimate of drug-likeness (QED) is 0.887. The van der Waals surface area contributed by atoms with Crippen molar-refractivity contribution < 1.29 is 18.4 Å². The number of carbonyl (C=O) groups excluding carboxylic acids is 1. The van der Waals surface area contributed by atoms with Crippen molar-refractivity contribution in [2.24, 2.45) is 0 Å². The van der Waals surface area contributed by atoms with Crippen LogP contribution in [0.5, 0.6) is 5.75 Å². The summed E-state index contributed by atoms with van der Waals surface area (Å²) in [6, 6.07) is 5.98. The van der Waals surface area contributed by atoms with Crippen molar-refractivity contribution in [1.29, 1.82) is 0 Å². The van der Waals surface area contributed by atoms with Gasteiger partial charge in [0, 0.05) is 10.5 Å². The van der Waals surface area contributed by atoms with Crippen LogP contribution in [0.4, 0.5) is 10.2 Å². The Hall–Kier alpha value is -1.89. The summed E-state index contributed by atoms with van der Waals surface area (Å²) in [6.07, 6.45) is -0.435. The number of nitrogens with one attached hydrogen (secondary N) is 1. The molecule has 1 amide bonds. The maximum absolute atomic E-state index is 13.7. The lowest BCUT2D eigenvalue weighted by Gasteiger charge is -2.16. The smallest absolute Gasteiger partial charge is 0.266 e. The molecule has 0 spiro atoms. The van der Waals surface area contributed by atoms with E-state index in [-0.39, 0.29) is 5.75 Å². The van der Waals surface area contributed by atoms with Crippen molar-refractivity contribution in [3.05, 3.63) is 40.3 Å². The molecule has 0 bridgehead atoms. The van der Waals surface area contributed by atoms with Crippen molar-refractivity contribution >= 4 is 27.7 Å². The first-order valence-electron chi connectivity index (χ1n) is 6.35. The van der Waals surface area contributed by atoms with E-state index in [1.54, 1.807) is 26.0 Å². The first-order valence-corrected chi connectivity index (χ1v) is 7.14. The molecule has 0 unspecified atom stereocenters. The van der Waals surface area contributed by atoms with E-state index in [1.807, 2.05) is 0 Å². The van der Waals surface area contributed by atoms with Gasteiger partial charge in [-0.2, -0.15) is 0 Å². The molecule has 0 aliphatic rings. The summed E-state index contributed by atoms with van der Waals surface area (Å²) in [4.78, 5) is 12.1. The zero-order valence-electron chi connectivity index (χ0n) is 11.5. The molecule has 1 N–H and O–H groups in total. The van der Waals surface area contributed by atoms with Crippen LogP contribution in [-0.2, 0) is 4.79 Å². The highest BCUT2D eigenvalue weighted by molar-refractivity contribution is 9.10. The highest BCUT2D eigenvalue weighted by Crippen LogP contribution is 2.23. The Morgan fingerprint density at radius 2 is 2.29 bits per heavy atom. The van der Waals surface area contributed by atoms with Gasteiger partial charge in [-0.3, -0.25) is 4.79 Å². The number of anilines is 1. The van der Waals surface area contributed by atoms with Gasteiger partial charge in [0.1, 0.15) is 5.76 Å². The number of hydrogen-bond donors (Lipinski definition) is 1. The minimum atomic E-state index is -0.822. The Morgan fingerprint density at radius 1 is 1.52 bits per heavy atom. The number of carbonyl (C=O) groups is 1. The number of amides is 1. The summed E-state index contributed by atoms with van der Waals surface area (Å²) in [7, 11) is 0. The van der Waals surface area contributed by atoms with Crippen LogP contribution >= 0.6 is 15.9 Å². The number of aromatic nitrogens is 1. The summed E-state index contributed by atoms with van der Waals surface area (Å²) >= 11 is 3.16. The Balaban J connectivity index is 2.06. The number of ether oxygens (including phenoxy) is 1. The Morgan fingerprint density at radius 3 is 2.86 bits per heavy atom. The molecule has 7 heteroatoms. The van der Waals surface area contributed by atoms with Crippen molar-refractivity contribution in [2.75, 3.05) is 5.32 Å². The van der Waals surface area contributed by atoms with Gasteiger partial charge >= 0.3 is 0 Å². The van der Waals surface area contributed by atoms with Gasteiger partial charge in [-0.25, -0.2) is 4.39 Å². The second-order valence-electron chi connectivity index (χ2n) is 4.40. The third-order valence-corrected chi connectivity index (χ3v) is 3.20. The Bertz CT molecular complexity index is 645. The van der Waals surface area contributed by atoms with Crippen molar-refractivity contribution in [3.63, 3.8) is 0 Å². The molecule has 0 radical (unpaired) electrons. The molecule has 0 saturated carbocycles. The van der Waals surface area contributed by atoms with Crippen LogP contribution in [0.3, 0.4) is 0 Å². The summed E-state index contributed by atoms with van der Waals surface area (Å²) in [5, 5.41) is 6.23. The van der Waals surface area contributed by atoms with Gasteiger partial charge in [-0.1, -0.05) is 28.0 Å². The van der Waals surface area contributed by atoms with Crippen LogP contribution < -0.4 is 10.1 Å². The zero-order chi connectivity index (χ0) is 15.4. The summed E-state index contributed by atoms with van der Waals surface area (Å²) < 4.78 is 24.6. The van der Waals surface area contributed by atoms with Gasteiger partial charge in [0.25, 0.3) is 5.91 Å². The van der Waals surface area contributed by atoms with Crippen LogP contribution in [0, 0.1) is 12.7 Å². The van der Waals surface area contributed by atoms with E-state index in [2.05, 4.69) is 26.4 Å². The standard InChI is InChI=1S/C14H14BrFN2O3/c1-3-11(14(19)17-13-6-8(2)21-18-13)20-12-5-4-9(15)7-10(12)16/h4-7,11H,3H2,1-2H3,(H,17,18,19)/t11-/m0/s1. The molecule has 2 aromatic rings. The minimum absolute atomic E-state index is 0.0246. The molecule has 0 saturated heterocycles. The van der Waals surface area contributed by atoms with E-state index in [0.29, 0.717) is 22.5 Å². The topological polar surface area (TPSA) is 64.4 Å². The van der Waals surface area contributed by atoms with Gasteiger partial charge < -0.3 is 14.6 Å². The summed E-state index contributed by atoms with van der Waals surface area (Å²) in [5.74, 6) is -0.0355. The Kier molecular flexibility index (Phi) is 4.95. The van der Waals surface area contributed by atoms with E-state index in [4.69, 9.17) is 9.26 Å². The molecule has 1 atom stereocenters. The summed E-state index contributed by atoms with van der Waals surface area (Å²) in [6.45, 7) is 3.49. The normalized spacial score (nSPS) is 12.0. The lowest BCUT2D eigenvalue weighted by molar-refractivity contribution is -0.122. The van der Waals surface area contributed by atoms with Crippen LogP contribution in [0.1, 0.15) is 19.1 Å². The van der Waals surface area contributed by atoms with Crippen LogP contribution in [0.25, 0.3) is 0 Å². The van der Waals surface area contributed by atoms with Gasteiger partial charge in [-0.15, -0.1) is 0 Å². The van der Waals surface area contributed by atoms with Gasteiger partial charge in [-0.05, 0) is 31.5 Å². The third-order valence-electron chi connectivity index (χ3n) is 2.71. The number of hydrogen-bond acceptors (Lipinski definition) is 4. The first kappa shape index (κ1) is 15.5. The fraction of sp³-hybridized carbons (Fsp3) is 0.286. The van der Waals surface area contributed by atoms with Gasteiger partial charge in [0.15, 0.2) is 23.5 Å². The number of aryl methyl sites for hydroxylation is 1. The molecule has 1 heterocycles. The van der Waals surface area contributed by atoms with Crippen molar-refractivity contribution in [1.82, 2.24) is 5.16 Å².